The van der Waals surface area contributed by atoms with Crippen molar-refractivity contribution in [2.45, 2.75) is 95.5 Å². The number of hydrogen-bond donors (Lipinski definition) is 3. The molecule has 0 spiro atoms. The van der Waals surface area contributed by atoms with Gasteiger partial charge in [-0.15, -0.1) is 0 Å². The van der Waals surface area contributed by atoms with Crippen LogP contribution in [0.5, 0.6) is 0 Å². The van der Waals surface area contributed by atoms with E-state index in [1.165, 1.54) is 51.4 Å². The number of ketones is 1. The van der Waals surface area contributed by atoms with Gasteiger partial charge in [0.25, 0.3) is 5.78 Å². The molecule has 0 aliphatic carbocycles. The van der Waals surface area contributed by atoms with Gasteiger partial charge in [0, 0.05) is 6.61 Å². The lowest BCUT2D eigenvalue weighted by molar-refractivity contribution is -0.152. The van der Waals surface area contributed by atoms with Crippen LogP contribution in [0.3, 0.4) is 0 Å². The van der Waals surface area contributed by atoms with Gasteiger partial charge in [-0.05, 0) is 6.42 Å². The summed E-state index contributed by atoms with van der Waals surface area (Å²) < 4.78 is 15.4. The van der Waals surface area contributed by atoms with Crippen LogP contribution in [0.25, 0.3) is 0 Å². The molecule has 1 aliphatic rings. The van der Waals surface area contributed by atoms with Crippen molar-refractivity contribution in [1.82, 2.24) is 0 Å². The van der Waals surface area contributed by atoms with Crippen LogP contribution in [0.2, 0.25) is 0 Å². The third-order valence-electron chi connectivity index (χ3n) is 4.99. The lowest BCUT2D eigenvalue weighted by atomic mass is 10.1. The number of hydrogen-bond acceptors (Lipinski definition) is 8. The summed E-state index contributed by atoms with van der Waals surface area (Å²) in [6.45, 7) is 1.92. The van der Waals surface area contributed by atoms with Gasteiger partial charge in [-0.1, -0.05) is 64.7 Å². The van der Waals surface area contributed by atoms with Crippen LogP contribution in [0.4, 0.5) is 0 Å². The van der Waals surface area contributed by atoms with Crippen molar-refractivity contribution in [2.75, 3.05) is 26.4 Å². The summed E-state index contributed by atoms with van der Waals surface area (Å²) in [6.07, 6.45) is 7.39. The normalized spacial score (nSPS) is 21.4. The number of aliphatic hydroxyl groups is 3. The van der Waals surface area contributed by atoms with E-state index in [1.54, 1.807) is 0 Å². The van der Waals surface area contributed by atoms with Crippen molar-refractivity contribution >= 4 is 11.8 Å². The molecule has 0 amide bonds. The molecule has 0 aromatic rings. The molecule has 2 unspecified atom stereocenters. The predicted octanol–water partition coefficient (Wildman–Crippen LogP) is 1.52. The van der Waals surface area contributed by atoms with Crippen LogP contribution in [-0.4, -0.2) is 77.9 Å². The van der Waals surface area contributed by atoms with Gasteiger partial charge in [-0.3, -0.25) is 4.79 Å². The number of unbranched alkanes of at least 4 members (excludes halogenated alkanes) is 9. The SMILES string of the molecule is CCCCCCCCCCCCOCC(O)COC1C(=O)C(=O)O[C@@H]1[C@@H](O)CO. The summed E-state index contributed by atoms with van der Waals surface area (Å²) in [5.74, 6) is -2.04. The zero-order valence-corrected chi connectivity index (χ0v) is 17.6. The topological polar surface area (TPSA) is 123 Å². The molecule has 1 rings (SSSR count). The minimum Gasteiger partial charge on any atom is -0.450 e. The molecule has 8 nitrogen and oxygen atoms in total. The molecule has 1 fully saturated rings. The number of Topliss-reactive ketones (excluding diaryl/α,β-unsaturated/α-hetero) is 1. The minimum atomic E-state index is -1.42. The summed E-state index contributed by atoms with van der Waals surface area (Å²) in [4.78, 5) is 23.0. The fourth-order valence-electron chi connectivity index (χ4n) is 3.24. The number of rotatable bonds is 18. The Labute approximate surface area is 173 Å². The monoisotopic (exact) mass is 418 g/mol. The largest absolute Gasteiger partial charge is 0.450 e. The van der Waals surface area contributed by atoms with Gasteiger partial charge in [-0.25, -0.2) is 4.79 Å². The summed E-state index contributed by atoms with van der Waals surface area (Å²) >= 11 is 0. The molecule has 8 heteroatoms. The highest BCUT2D eigenvalue weighted by atomic mass is 16.6. The molecule has 4 atom stereocenters. The minimum absolute atomic E-state index is 0.0559. The maximum absolute atomic E-state index is 11.7. The van der Waals surface area contributed by atoms with Gasteiger partial charge in [-0.2, -0.15) is 0 Å². The summed E-state index contributed by atoms with van der Waals surface area (Å²) in [5, 5.41) is 28.5. The van der Waals surface area contributed by atoms with Gasteiger partial charge in [0.1, 0.15) is 12.2 Å². The number of cyclic esters (lactones) is 1. The van der Waals surface area contributed by atoms with Crippen LogP contribution < -0.4 is 0 Å². The first-order chi connectivity index (χ1) is 14.0. The molecule has 0 aromatic carbocycles. The number of esters is 1. The number of ether oxygens (including phenoxy) is 3. The Morgan fingerprint density at radius 1 is 0.931 bits per heavy atom. The molecule has 1 saturated heterocycles. The Bertz CT molecular complexity index is 456. The summed E-state index contributed by atoms with van der Waals surface area (Å²) in [5.41, 5.74) is 0. The first-order valence-corrected chi connectivity index (χ1v) is 10.9. The lowest BCUT2D eigenvalue weighted by Gasteiger charge is -2.21. The van der Waals surface area contributed by atoms with Crippen molar-refractivity contribution in [3.05, 3.63) is 0 Å². The van der Waals surface area contributed by atoms with Crippen molar-refractivity contribution < 1.29 is 39.1 Å². The van der Waals surface area contributed by atoms with E-state index in [0.29, 0.717) is 6.61 Å². The molecule has 3 N–H and O–H groups in total. The van der Waals surface area contributed by atoms with Crippen molar-refractivity contribution in [3.63, 3.8) is 0 Å². The second-order valence-electron chi connectivity index (χ2n) is 7.65. The molecule has 1 aliphatic heterocycles. The maximum Gasteiger partial charge on any atom is 0.378 e. The molecule has 0 aromatic heterocycles. The van der Waals surface area contributed by atoms with E-state index in [4.69, 9.17) is 19.3 Å². The molecular formula is C21H38O8. The molecule has 29 heavy (non-hydrogen) atoms. The Morgan fingerprint density at radius 3 is 2.10 bits per heavy atom. The second kappa shape index (κ2) is 15.7. The molecule has 170 valence electrons. The van der Waals surface area contributed by atoms with Crippen molar-refractivity contribution in [1.29, 1.82) is 0 Å². The average Bonchev–Trinajstić information content (AvgIpc) is 3.00. The zero-order chi connectivity index (χ0) is 21.5. The van der Waals surface area contributed by atoms with Crippen molar-refractivity contribution in [3.8, 4) is 0 Å². The lowest BCUT2D eigenvalue weighted by Crippen LogP contribution is -2.42. The zero-order valence-electron chi connectivity index (χ0n) is 17.6. The first-order valence-electron chi connectivity index (χ1n) is 10.9. The standard InChI is InChI=1S/C21H38O8/c1-2-3-4-5-6-7-8-9-10-11-12-27-14-16(23)15-28-20-18(25)21(26)29-19(20)17(24)13-22/h16-17,19-20,22-24H,2-15H2,1H3/t16?,17-,19+,20?/m0/s1. The Morgan fingerprint density at radius 2 is 1.52 bits per heavy atom. The van der Waals surface area contributed by atoms with E-state index in [9.17, 15) is 19.8 Å². The number of aliphatic hydroxyl groups excluding tert-OH is 3. The Kier molecular flexibility index (Phi) is 14.1. The smallest absolute Gasteiger partial charge is 0.378 e. The van der Waals surface area contributed by atoms with Crippen LogP contribution in [0, 0.1) is 0 Å². The maximum atomic E-state index is 11.7. The highest BCUT2D eigenvalue weighted by molar-refractivity contribution is 6.37. The first kappa shape index (κ1) is 26.0. The molecule has 1 heterocycles. The van der Waals surface area contributed by atoms with Gasteiger partial charge >= 0.3 is 5.97 Å². The van der Waals surface area contributed by atoms with Crippen LogP contribution in [0.15, 0.2) is 0 Å². The quantitative estimate of drug-likeness (QED) is 0.174. The van der Waals surface area contributed by atoms with Crippen molar-refractivity contribution in [2.24, 2.45) is 0 Å². The summed E-state index contributed by atoms with van der Waals surface area (Å²) in [7, 11) is 0. The average molecular weight is 419 g/mol. The molecule has 0 bridgehead atoms. The second-order valence-corrected chi connectivity index (χ2v) is 7.65. The Balaban J connectivity index is 2.03. The fraction of sp³-hybridized carbons (Fsp3) is 0.905. The highest BCUT2D eigenvalue weighted by Crippen LogP contribution is 2.19. The van der Waals surface area contributed by atoms with Crippen LogP contribution >= 0.6 is 0 Å². The molecule has 0 saturated carbocycles. The van der Waals surface area contributed by atoms with E-state index in [-0.39, 0.29) is 13.2 Å². The highest BCUT2D eigenvalue weighted by Gasteiger charge is 2.48. The van der Waals surface area contributed by atoms with Gasteiger partial charge < -0.3 is 29.5 Å². The van der Waals surface area contributed by atoms with E-state index in [2.05, 4.69) is 6.92 Å². The number of carbonyl (C=O) groups excluding carboxylic acids is 2. The summed E-state index contributed by atoms with van der Waals surface area (Å²) in [6, 6.07) is 0. The number of carbonyl (C=O) groups is 2. The van der Waals surface area contributed by atoms with Gasteiger partial charge in [0.15, 0.2) is 12.2 Å². The third-order valence-corrected chi connectivity index (χ3v) is 4.99. The van der Waals surface area contributed by atoms with Gasteiger partial charge in [0.2, 0.25) is 0 Å². The van der Waals surface area contributed by atoms with E-state index >= 15 is 0 Å². The molecule has 0 radical (unpaired) electrons. The van der Waals surface area contributed by atoms with E-state index < -0.39 is 42.8 Å². The van der Waals surface area contributed by atoms with Gasteiger partial charge in [0.05, 0.1) is 19.8 Å². The van der Waals surface area contributed by atoms with Crippen LogP contribution in [-0.2, 0) is 23.8 Å². The third kappa shape index (κ3) is 10.5. The van der Waals surface area contributed by atoms with E-state index in [1.807, 2.05) is 0 Å². The predicted molar refractivity (Wildman–Crippen MR) is 106 cm³/mol. The van der Waals surface area contributed by atoms with Crippen LogP contribution in [0.1, 0.15) is 71.1 Å². The molecular weight excluding hydrogens is 380 g/mol. The Hall–Kier alpha value is -1.06. The van der Waals surface area contributed by atoms with E-state index in [0.717, 1.165) is 12.8 Å². The fourth-order valence-corrected chi connectivity index (χ4v) is 3.24.